The molecule has 22 heavy (non-hydrogen) atoms. The minimum Gasteiger partial charge on any atom is -0.383 e. The number of hydrogen-bond acceptors (Lipinski definition) is 4. The summed E-state index contributed by atoms with van der Waals surface area (Å²) in [4.78, 5) is 16.9. The van der Waals surface area contributed by atoms with E-state index in [9.17, 15) is 4.79 Å². The molecule has 1 aliphatic rings. The molecule has 6 heteroatoms. The predicted octanol–water partition coefficient (Wildman–Crippen LogP) is 1.74. The van der Waals surface area contributed by atoms with Gasteiger partial charge in [-0.1, -0.05) is 33.6 Å². The molecule has 132 valence electrons. The molecule has 1 amide bonds. The number of nitrogens with two attached hydrogens (primary N) is 1. The Morgan fingerprint density at radius 3 is 2.59 bits per heavy atom. The second-order valence-corrected chi connectivity index (χ2v) is 6.17. The van der Waals surface area contributed by atoms with Crippen LogP contribution in [-0.2, 0) is 9.53 Å². The number of piperazine rings is 1. The Bertz CT molecular complexity index is 318. The number of halogens is 1. The second-order valence-electron chi connectivity index (χ2n) is 6.17. The van der Waals surface area contributed by atoms with E-state index in [1.54, 1.807) is 7.11 Å². The number of methoxy groups -OCH3 is 1. The van der Waals surface area contributed by atoms with E-state index in [0.29, 0.717) is 6.04 Å². The SMILES string of the molecule is CCCC1CN(C(=O)C(N)C(C)CC)CCN1CCOC.Cl. The molecule has 3 atom stereocenters. The smallest absolute Gasteiger partial charge is 0.239 e. The summed E-state index contributed by atoms with van der Waals surface area (Å²) in [5.41, 5.74) is 6.11. The van der Waals surface area contributed by atoms with Gasteiger partial charge < -0.3 is 15.4 Å². The molecule has 1 saturated heterocycles. The molecule has 2 N–H and O–H groups in total. The fraction of sp³-hybridized carbons (Fsp3) is 0.938. The van der Waals surface area contributed by atoms with Crippen molar-refractivity contribution in [3.63, 3.8) is 0 Å². The lowest BCUT2D eigenvalue weighted by Gasteiger charge is -2.42. The van der Waals surface area contributed by atoms with Crippen molar-refractivity contribution in [2.45, 2.75) is 52.1 Å². The van der Waals surface area contributed by atoms with Crippen molar-refractivity contribution in [3.05, 3.63) is 0 Å². The molecule has 0 aliphatic carbocycles. The Kier molecular flexibility index (Phi) is 11.0. The summed E-state index contributed by atoms with van der Waals surface area (Å²) in [5, 5.41) is 0. The summed E-state index contributed by atoms with van der Waals surface area (Å²) in [6.45, 7) is 10.5. The van der Waals surface area contributed by atoms with Crippen LogP contribution >= 0.6 is 12.4 Å². The van der Waals surface area contributed by atoms with E-state index < -0.39 is 0 Å². The van der Waals surface area contributed by atoms with Crippen LogP contribution in [0.15, 0.2) is 0 Å². The molecule has 0 bridgehead atoms. The third-order valence-electron chi connectivity index (χ3n) is 4.66. The quantitative estimate of drug-likeness (QED) is 0.734. The van der Waals surface area contributed by atoms with Gasteiger partial charge in [0.2, 0.25) is 5.91 Å². The maximum Gasteiger partial charge on any atom is 0.239 e. The molecule has 1 rings (SSSR count). The first-order valence-electron chi connectivity index (χ1n) is 8.32. The van der Waals surface area contributed by atoms with Crippen LogP contribution in [0.4, 0.5) is 0 Å². The fourth-order valence-corrected chi connectivity index (χ4v) is 2.91. The molecule has 1 aliphatic heterocycles. The van der Waals surface area contributed by atoms with Crippen LogP contribution in [0.2, 0.25) is 0 Å². The van der Waals surface area contributed by atoms with Gasteiger partial charge in [0.15, 0.2) is 0 Å². The van der Waals surface area contributed by atoms with Gasteiger partial charge in [0.05, 0.1) is 12.6 Å². The van der Waals surface area contributed by atoms with Crippen LogP contribution in [0.3, 0.4) is 0 Å². The van der Waals surface area contributed by atoms with Gasteiger partial charge in [0, 0.05) is 39.3 Å². The highest BCUT2D eigenvalue weighted by atomic mass is 35.5. The molecule has 1 heterocycles. The fourth-order valence-electron chi connectivity index (χ4n) is 2.91. The molecule has 0 aromatic heterocycles. The van der Waals surface area contributed by atoms with Crippen LogP contribution in [0, 0.1) is 5.92 Å². The molecule has 0 aromatic carbocycles. The lowest BCUT2D eigenvalue weighted by molar-refractivity contribution is -0.137. The van der Waals surface area contributed by atoms with E-state index in [2.05, 4.69) is 25.7 Å². The third kappa shape index (κ3) is 6.03. The summed E-state index contributed by atoms with van der Waals surface area (Å²) in [5.74, 6) is 0.366. The lowest BCUT2D eigenvalue weighted by atomic mass is 9.97. The number of carbonyl (C=O) groups is 1. The zero-order valence-electron chi connectivity index (χ0n) is 14.6. The van der Waals surface area contributed by atoms with Crippen LogP contribution in [0.5, 0.6) is 0 Å². The van der Waals surface area contributed by atoms with E-state index in [-0.39, 0.29) is 30.3 Å². The van der Waals surface area contributed by atoms with Gasteiger partial charge >= 0.3 is 0 Å². The summed E-state index contributed by atoms with van der Waals surface area (Å²) in [6.07, 6.45) is 3.19. The Hall–Kier alpha value is -0.360. The number of rotatable bonds is 8. The molecule has 0 radical (unpaired) electrons. The first-order valence-corrected chi connectivity index (χ1v) is 8.32. The zero-order chi connectivity index (χ0) is 15.8. The summed E-state index contributed by atoms with van der Waals surface area (Å²) >= 11 is 0. The first-order chi connectivity index (χ1) is 10.0. The molecule has 0 spiro atoms. The van der Waals surface area contributed by atoms with Gasteiger partial charge in [-0.15, -0.1) is 12.4 Å². The summed E-state index contributed by atoms with van der Waals surface area (Å²) < 4.78 is 5.19. The molecular weight excluding hydrogens is 302 g/mol. The van der Waals surface area contributed by atoms with Gasteiger partial charge in [-0.2, -0.15) is 0 Å². The van der Waals surface area contributed by atoms with Crippen molar-refractivity contribution < 1.29 is 9.53 Å². The molecule has 1 fully saturated rings. The van der Waals surface area contributed by atoms with E-state index in [1.807, 2.05) is 4.90 Å². The third-order valence-corrected chi connectivity index (χ3v) is 4.66. The average molecular weight is 336 g/mol. The van der Waals surface area contributed by atoms with Gasteiger partial charge in [-0.05, 0) is 12.3 Å². The molecule has 5 nitrogen and oxygen atoms in total. The molecule has 0 aromatic rings. The van der Waals surface area contributed by atoms with Gasteiger partial charge in [0.1, 0.15) is 0 Å². The van der Waals surface area contributed by atoms with E-state index in [1.165, 1.54) is 0 Å². The standard InChI is InChI=1S/C16H33N3O2.ClH/c1-5-7-14-12-19(9-8-18(14)10-11-21-4)16(20)15(17)13(3)6-2;/h13-15H,5-12,17H2,1-4H3;1H. The van der Waals surface area contributed by atoms with Gasteiger partial charge in [0.25, 0.3) is 0 Å². The average Bonchev–Trinajstić information content (AvgIpc) is 2.51. The topological polar surface area (TPSA) is 58.8 Å². The predicted molar refractivity (Wildman–Crippen MR) is 93.4 cm³/mol. The van der Waals surface area contributed by atoms with Crippen molar-refractivity contribution in [3.8, 4) is 0 Å². The monoisotopic (exact) mass is 335 g/mol. The number of carbonyl (C=O) groups excluding carboxylic acids is 1. The Morgan fingerprint density at radius 1 is 1.36 bits per heavy atom. The zero-order valence-corrected chi connectivity index (χ0v) is 15.4. The van der Waals surface area contributed by atoms with Crippen LogP contribution in [0.25, 0.3) is 0 Å². The maximum absolute atomic E-state index is 12.5. The lowest BCUT2D eigenvalue weighted by Crippen LogP contribution is -2.58. The first kappa shape index (κ1) is 21.6. The van der Waals surface area contributed by atoms with Crippen molar-refractivity contribution in [2.75, 3.05) is 39.9 Å². The minimum atomic E-state index is -0.359. The van der Waals surface area contributed by atoms with Crippen LogP contribution < -0.4 is 5.73 Å². The molecule has 3 unspecified atom stereocenters. The van der Waals surface area contributed by atoms with Crippen LogP contribution in [-0.4, -0.2) is 67.7 Å². The normalized spacial score (nSPS) is 22.0. The maximum atomic E-state index is 12.5. The second kappa shape index (κ2) is 11.2. The largest absolute Gasteiger partial charge is 0.383 e. The Labute approximate surface area is 141 Å². The highest BCUT2D eigenvalue weighted by molar-refractivity contribution is 5.85. The molecule has 0 saturated carbocycles. The number of ether oxygens (including phenoxy) is 1. The molecular formula is C16H34ClN3O2. The van der Waals surface area contributed by atoms with Crippen LogP contribution in [0.1, 0.15) is 40.0 Å². The van der Waals surface area contributed by atoms with Crippen molar-refractivity contribution >= 4 is 18.3 Å². The summed E-state index contributed by atoms with van der Waals surface area (Å²) in [7, 11) is 1.74. The summed E-state index contributed by atoms with van der Waals surface area (Å²) in [6, 6.07) is 0.0785. The van der Waals surface area contributed by atoms with Crippen molar-refractivity contribution in [1.82, 2.24) is 9.80 Å². The minimum absolute atomic E-state index is 0. The number of hydrogen-bond donors (Lipinski definition) is 1. The van der Waals surface area contributed by atoms with Crippen molar-refractivity contribution in [2.24, 2.45) is 11.7 Å². The Morgan fingerprint density at radius 2 is 2.05 bits per heavy atom. The highest BCUT2D eigenvalue weighted by Gasteiger charge is 2.32. The Balaban J connectivity index is 0.00000441. The number of amides is 1. The van der Waals surface area contributed by atoms with E-state index in [4.69, 9.17) is 10.5 Å². The van der Waals surface area contributed by atoms with Crippen molar-refractivity contribution in [1.29, 1.82) is 0 Å². The van der Waals surface area contributed by atoms with E-state index in [0.717, 1.165) is 52.0 Å². The van der Waals surface area contributed by atoms with E-state index >= 15 is 0 Å². The van der Waals surface area contributed by atoms with Gasteiger partial charge in [-0.3, -0.25) is 9.69 Å². The van der Waals surface area contributed by atoms with Gasteiger partial charge in [-0.25, -0.2) is 0 Å². The number of nitrogens with zero attached hydrogens (tertiary/aromatic N) is 2. The highest BCUT2D eigenvalue weighted by Crippen LogP contribution is 2.17.